The molecule has 3 rings (SSSR count). The maximum atomic E-state index is 5.79. The quantitative estimate of drug-likeness (QED) is 0.876. The number of aromatic nitrogens is 5. The Morgan fingerprint density at radius 2 is 2.24 bits per heavy atom. The highest BCUT2D eigenvalue weighted by Gasteiger charge is 2.22. The maximum absolute atomic E-state index is 5.79. The molecule has 7 nitrogen and oxygen atoms in total. The summed E-state index contributed by atoms with van der Waals surface area (Å²) >= 11 is 0. The fourth-order valence-electron chi connectivity index (χ4n) is 2.74. The zero-order valence-corrected chi connectivity index (χ0v) is 12.5. The molecule has 2 aromatic rings. The summed E-state index contributed by atoms with van der Waals surface area (Å²) in [6, 6.07) is 1.98. The lowest BCUT2D eigenvalue weighted by atomic mass is 9.99. The molecule has 0 bridgehead atoms. The molecule has 1 unspecified atom stereocenters. The minimum absolute atomic E-state index is 0.535. The molecule has 0 amide bonds. The Hall–Kier alpha value is -2.02. The van der Waals surface area contributed by atoms with E-state index in [4.69, 9.17) is 5.73 Å². The van der Waals surface area contributed by atoms with E-state index in [0.29, 0.717) is 5.92 Å². The van der Waals surface area contributed by atoms with E-state index in [-0.39, 0.29) is 0 Å². The Bertz CT molecular complexity index is 622. The molecule has 1 atom stereocenters. The highest BCUT2D eigenvalue weighted by atomic mass is 15.4. The van der Waals surface area contributed by atoms with Crippen LogP contribution in [0.5, 0.6) is 0 Å². The zero-order valence-electron chi connectivity index (χ0n) is 12.5. The summed E-state index contributed by atoms with van der Waals surface area (Å²) in [5, 5.41) is 15.6. The van der Waals surface area contributed by atoms with Gasteiger partial charge in [0.05, 0.1) is 11.4 Å². The largest absolute Gasteiger partial charge is 0.339 e. The molecular formula is C14H21N7. The number of nitrogens with one attached hydrogen (secondary N) is 1. The topological polar surface area (TPSA) is 96.6 Å². The molecule has 3 N–H and O–H groups in total. The van der Waals surface area contributed by atoms with Gasteiger partial charge < -0.3 is 10.6 Å². The van der Waals surface area contributed by atoms with E-state index >= 15 is 0 Å². The second kappa shape index (κ2) is 5.77. The minimum Gasteiger partial charge on any atom is -0.339 e. The van der Waals surface area contributed by atoms with Crippen molar-refractivity contribution in [3.8, 4) is 11.4 Å². The first-order chi connectivity index (χ1) is 10.2. The van der Waals surface area contributed by atoms with Crippen LogP contribution in [0.4, 0.5) is 5.95 Å². The Balaban J connectivity index is 1.84. The number of anilines is 1. The average molecular weight is 287 g/mol. The van der Waals surface area contributed by atoms with Crippen LogP contribution in [0.3, 0.4) is 0 Å². The zero-order chi connectivity index (χ0) is 14.8. The second-order valence-electron chi connectivity index (χ2n) is 5.66. The van der Waals surface area contributed by atoms with Crippen molar-refractivity contribution in [3.05, 3.63) is 17.5 Å². The van der Waals surface area contributed by atoms with E-state index in [1.54, 1.807) is 0 Å². The normalized spacial score (nSPS) is 19.0. The smallest absolute Gasteiger partial charge is 0.245 e. The lowest BCUT2D eigenvalue weighted by Gasteiger charge is -2.31. The average Bonchev–Trinajstić information content (AvgIpc) is 2.99. The molecule has 1 aliphatic rings. The molecule has 0 saturated carbocycles. The van der Waals surface area contributed by atoms with Gasteiger partial charge in [-0.25, -0.2) is 0 Å². The molecule has 21 heavy (non-hydrogen) atoms. The van der Waals surface area contributed by atoms with Gasteiger partial charge in [0, 0.05) is 18.7 Å². The van der Waals surface area contributed by atoms with Crippen LogP contribution in [-0.2, 0) is 0 Å². The van der Waals surface area contributed by atoms with Crippen molar-refractivity contribution in [2.75, 3.05) is 24.5 Å². The highest BCUT2D eigenvalue weighted by Crippen LogP contribution is 2.23. The van der Waals surface area contributed by atoms with Crippen LogP contribution in [-0.4, -0.2) is 45.0 Å². The number of H-pyrrole nitrogens is 1. The molecule has 0 radical (unpaired) electrons. The lowest BCUT2D eigenvalue weighted by Crippen LogP contribution is -2.38. The predicted molar refractivity (Wildman–Crippen MR) is 80.9 cm³/mol. The maximum Gasteiger partial charge on any atom is 0.245 e. The molecule has 0 aliphatic carbocycles. The molecule has 1 aliphatic heterocycles. The first kappa shape index (κ1) is 13.9. The van der Waals surface area contributed by atoms with Gasteiger partial charge in [0.2, 0.25) is 5.95 Å². The number of hydrogen-bond donors (Lipinski definition) is 2. The highest BCUT2D eigenvalue weighted by molar-refractivity contribution is 5.59. The summed E-state index contributed by atoms with van der Waals surface area (Å²) < 4.78 is 0. The van der Waals surface area contributed by atoms with Crippen LogP contribution in [0.2, 0.25) is 0 Å². The van der Waals surface area contributed by atoms with Crippen molar-refractivity contribution in [3.63, 3.8) is 0 Å². The van der Waals surface area contributed by atoms with Crippen molar-refractivity contribution >= 4 is 5.95 Å². The van der Waals surface area contributed by atoms with Crippen LogP contribution < -0.4 is 10.6 Å². The van der Waals surface area contributed by atoms with E-state index in [2.05, 4.69) is 30.3 Å². The number of piperidine rings is 1. The molecule has 3 heterocycles. The van der Waals surface area contributed by atoms with Gasteiger partial charge in [-0.2, -0.15) is 15.2 Å². The number of nitrogens with zero attached hydrogens (tertiary/aromatic N) is 5. The van der Waals surface area contributed by atoms with Gasteiger partial charge in [-0.1, -0.05) is 0 Å². The number of aromatic amines is 1. The first-order valence-electron chi connectivity index (χ1n) is 7.36. The number of nitrogens with two attached hydrogens (primary N) is 1. The SMILES string of the molecule is Cc1cc(-c2nc(N3CCCC(CN)C3)n[nH]2)c(C)nn1. The van der Waals surface area contributed by atoms with Crippen LogP contribution in [0.15, 0.2) is 6.07 Å². The van der Waals surface area contributed by atoms with Crippen LogP contribution in [0, 0.1) is 19.8 Å². The summed E-state index contributed by atoms with van der Waals surface area (Å²) in [6.07, 6.45) is 2.33. The third-order valence-corrected chi connectivity index (χ3v) is 3.96. The van der Waals surface area contributed by atoms with Crippen molar-refractivity contribution in [2.45, 2.75) is 26.7 Å². The van der Waals surface area contributed by atoms with Gasteiger partial charge >= 0.3 is 0 Å². The lowest BCUT2D eigenvalue weighted by molar-refractivity contribution is 0.420. The summed E-state index contributed by atoms with van der Waals surface area (Å²) in [6.45, 7) is 6.49. The molecule has 0 aromatic carbocycles. The molecule has 2 aromatic heterocycles. The van der Waals surface area contributed by atoms with E-state index in [9.17, 15) is 0 Å². The van der Waals surface area contributed by atoms with Crippen molar-refractivity contribution < 1.29 is 0 Å². The summed E-state index contributed by atoms with van der Waals surface area (Å²) in [4.78, 5) is 6.83. The van der Waals surface area contributed by atoms with E-state index in [0.717, 1.165) is 54.8 Å². The summed E-state index contributed by atoms with van der Waals surface area (Å²) in [5.41, 5.74) is 8.46. The third kappa shape index (κ3) is 2.87. The Morgan fingerprint density at radius 3 is 3.05 bits per heavy atom. The molecule has 112 valence electrons. The fourth-order valence-corrected chi connectivity index (χ4v) is 2.74. The number of hydrogen-bond acceptors (Lipinski definition) is 6. The molecular weight excluding hydrogens is 266 g/mol. The standard InChI is InChI=1S/C14H21N7/c1-9-6-12(10(2)18-17-9)13-16-14(20-19-13)21-5-3-4-11(7-15)8-21/h6,11H,3-5,7-8,15H2,1-2H3,(H,16,19,20). The second-order valence-corrected chi connectivity index (χ2v) is 5.66. The predicted octanol–water partition coefficient (Wildman–Crippen LogP) is 1.05. The third-order valence-electron chi connectivity index (χ3n) is 3.96. The van der Waals surface area contributed by atoms with Gasteiger partial charge in [0.15, 0.2) is 5.82 Å². The van der Waals surface area contributed by atoms with Crippen molar-refractivity contribution in [1.29, 1.82) is 0 Å². The Kier molecular flexibility index (Phi) is 3.83. The summed E-state index contributed by atoms with van der Waals surface area (Å²) in [5.74, 6) is 2.03. The molecule has 1 fully saturated rings. The number of rotatable bonds is 3. The van der Waals surface area contributed by atoms with Gasteiger partial charge in [-0.3, -0.25) is 5.10 Å². The van der Waals surface area contributed by atoms with Gasteiger partial charge in [0.25, 0.3) is 0 Å². The molecule has 7 heteroatoms. The number of aryl methyl sites for hydroxylation is 2. The van der Waals surface area contributed by atoms with Gasteiger partial charge in [-0.05, 0) is 45.2 Å². The fraction of sp³-hybridized carbons (Fsp3) is 0.571. The van der Waals surface area contributed by atoms with E-state index in [1.807, 2.05) is 19.9 Å². The Morgan fingerprint density at radius 1 is 1.38 bits per heavy atom. The molecule has 0 spiro atoms. The van der Waals surface area contributed by atoms with Crippen molar-refractivity contribution in [1.82, 2.24) is 25.4 Å². The summed E-state index contributed by atoms with van der Waals surface area (Å²) in [7, 11) is 0. The van der Waals surface area contributed by atoms with Gasteiger partial charge in [0.1, 0.15) is 0 Å². The van der Waals surface area contributed by atoms with Crippen LogP contribution in [0.25, 0.3) is 11.4 Å². The minimum atomic E-state index is 0.535. The van der Waals surface area contributed by atoms with Crippen LogP contribution >= 0.6 is 0 Å². The van der Waals surface area contributed by atoms with E-state index < -0.39 is 0 Å². The monoisotopic (exact) mass is 287 g/mol. The van der Waals surface area contributed by atoms with Crippen LogP contribution in [0.1, 0.15) is 24.2 Å². The Labute approximate surface area is 124 Å². The first-order valence-corrected chi connectivity index (χ1v) is 7.36. The molecule has 1 saturated heterocycles. The van der Waals surface area contributed by atoms with Crippen molar-refractivity contribution in [2.24, 2.45) is 11.7 Å². The van der Waals surface area contributed by atoms with E-state index in [1.165, 1.54) is 6.42 Å². The van der Waals surface area contributed by atoms with Gasteiger partial charge in [-0.15, -0.1) is 5.10 Å².